The van der Waals surface area contributed by atoms with E-state index in [0.717, 1.165) is 32.4 Å². The highest BCUT2D eigenvalue weighted by Crippen LogP contribution is 2.24. The molecule has 2 aliphatic rings. The lowest BCUT2D eigenvalue weighted by Gasteiger charge is -2.28. The van der Waals surface area contributed by atoms with Crippen LogP contribution in [-0.4, -0.2) is 53.8 Å². The van der Waals surface area contributed by atoms with Crippen LogP contribution in [0.2, 0.25) is 0 Å². The van der Waals surface area contributed by atoms with Gasteiger partial charge < -0.3 is 20.1 Å². The van der Waals surface area contributed by atoms with Crippen molar-refractivity contribution in [2.45, 2.75) is 58.1 Å². The molecule has 1 atom stereocenters. The Labute approximate surface area is 132 Å². The number of urea groups is 1. The van der Waals surface area contributed by atoms with Gasteiger partial charge in [-0.25, -0.2) is 4.79 Å². The Kier molecular flexibility index (Phi) is 6.06. The topological polar surface area (TPSA) is 78.9 Å². The molecule has 1 heterocycles. The molecule has 2 N–H and O–H groups in total. The number of carboxylic acids is 1. The maximum atomic E-state index is 12.3. The van der Waals surface area contributed by atoms with E-state index in [4.69, 9.17) is 9.84 Å². The van der Waals surface area contributed by atoms with E-state index in [1.165, 1.54) is 0 Å². The average molecular weight is 312 g/mol. The highest BCUT2D eigenvalue weighted by Gasteiger charge is 2.30. The minimum absolute atomic E-state index is 0.0329. The standard InChI is InChI=1S/C16H28N2O4/c1-11(2)10-22-14-7-8-18(9-14)16(21)17-13-5-3-12(4-6-13)15(19)20/h11-14H,3-10H2,1-2H3,(H,17,21)(H,19,20). The molecule has 0 radical (unpaired) electrons. The number of ether oxygens (including phenoxy) is 1. The zero-order chi connectivity index (χ0) is 16.1. The number of hydrogen-bond acceptors (Lipinski definition) is 3. The van der Waals surface area contributed by atoms with Crippen molar-refractivity contribution >= 4 is 12.0 Å². The second-order valence-electron chi connectivity index (χ2n) is 6.92. The summed E-state index contributed by atoms with van der Waals surface area (Å²) < 4.78 is 5.79. The molecule has 1 saturated heterocycles. The molecule has 1 unspecified atom stereocenters. The SMILES string of the molecule is CC(C)COC1CCN(C(=O)NC2CCC(C(=O)O)CC2)C1. The lowest BCUT2D eigenvalue weighted by Crippen LogP contribution is -2.45. The Hall–Kier alpha value is -1.30. The number of carbonyl (C=O) groups is 2. The van der Waals surface area contributed by atoms with Crippen LogP contribution in [0.15, 0.2) is 0 Å². The molecular formula is C16H28N2O4. The van der Waals surface area contributed by atoms with Crippen molar-refractivity contribution in [1.29, 1.82) is 0 Å². The maximum absolute atomic E-state index is 12.3. The number of aliphatic carboxylic acids is 1. The quantitative estimate of drug-likeness (QED) is 0.814. The van der Waals surface area contributed by atoms with E-state index < -0.39 is 5.97 Å². The lowest BCUT2D eigenvalue weighted by atomic mass is 9.86. The van der Waals surface area contributed by atoms with Gasteiger partial charge in [-0.1, -0.05) is 13.8 Å². The first-order chi connectivity index (χ1) is 10.5. The van der Waals surface area contributed by atoms with Crippen LogP contribution in [0.5, 0.6) is 0 Å². The van der Waals surface area contributed by atoms with E-state index in [9.17, 15) is 9.59 Å². The Bertz CT molecular complexity index is 392. The van der Waals surface area contributed by atoms with Crippen LogP contribution in [0, 0.1) is 11.8 Å². The van der Waals surface area contributed by atoms with Crippen molar-refractivity contribution in [3.63, 3.8) is 0 Å². The molecule has 6 heteroatoms. The highest BCUT2D eigenvalue weighted by molar-refractivity contribution is 5.75. The maximum Gasteiger partial charge on any atom is 0.317 e. The minimum Gasteiger partial charge on any atom is -0.481 e. The highest BCUT2D eigenvalue weighted by atomic mass is 16.5. The van der Waals surface area contributed by atoms with Gasteiger partial charge >= 0.3 is 12.0 Å². The van der Waals surface area contributed by atoms with Gasteiger partial charge in [0.2, 0.25) is 0 Å². The summed E-state index contributed by atoms with van der Waals surface area (Å²) in [6.45, 7) is 6.36. The van der Waals surface area contributed by atoms with Crippen LogP contribution in [0.1, 0.15) is 46.0 Å². The van der Waals surface area contributed by atoms with Gasteiger partial charge in [0.25, 0.3) is 0 Å². The Morgan fingerprint density at radius 2 is 1.91 bits per heavy atom. The van der Waals surface area contributed by atoms with Crippen molar-refractivity contribution in [2.24, 2.45) is 11.8 Å². The minimum atomic E-state index is -0.713. The van der Waals surface area contributed by atoms with Gasteiger partial charge in [-0.05, 0) is 38.0 Å². The van der Waals surface area contributed by atoms with Crippen LogP contribution >= 0.6 is 0 Å². The van der Waals surface area contributed by atoms with E-state index in [1.54, 1.807) is 0 Å². The molecule has 1 saturated carbocycles. The Balaban J connectivity index is 1.69. The van der Waals surface area contributed by atoms with Gasteiger partial charge in [-0.15, -0.1) is 0 Å². The second-order valence-corrected chi connectivity index (χ2v) is 6.92. The molecule has 0 aromatic rings. The third-order valence-corrected chi connectivity index (χ3v) is 4.50. The first-order valence-electron chi connectivity index (χ1n) is 8.35. The lowest BCUT2D eigenvalue weighted by molar-refractivity contribution is -0.142. The smallest absolute Gasteiger partial charge is 0.317 e. The van der Waals surface area contributed by atoms with Crippen molar-refractivity contribution in [3.8, 4) is 0 Å². The molecule has 22 heavy (non-hydrogen) atoms. The van der Waals surface area contributed by atoms with Crippen molar-refractivity contribution < 1.29 is 19.4 Å². The summed E-state index contributed by atoms with van der Waals surface area (Å²) in [5.74, 6) is -0.449. The van der Waals surface area contributed by atoms with Crippen molar-refractivity contribution in [1.82, 2.24) is 10.2 Å². The normalized spacial score (nSPS) is 28.9. The van der Waals surface area contributed by atoms with Crippen LogP contribution in [0.4, 0.5) is 4.79 Å². The number of hydrogen-bond donors (Lipinski definition) is 2. The monoisotopic (exact) mass is 312 g/mol. The van der Waals surface area contributed by atoms with Gasteiger partial charge in [0, 0.05) is 25.7 Å². The van der Waals surface area contributed by atoms with Gasteiger partial charge in [0.05, 0.1) is 12.0 Å². The first kappa shape index (κ1) is 17.1. The van der Waals surface area contributed by atoms with Gasteiger partial charge in [0.15, 0.2) is 0 Å². The average Bonchev–Trinajstić information content (AvgIpc) is 2.94. The van der Waals surface area contributed by atoms with Crippen molar-refractivity contribution in [3.05, 3.63) is 0 Å². The first-order valence-corrected chi connectivity index (χ1v) is 8.35. The summed E-state index contributed by atoms with van der Waals surface area (Å²) in [4.78, 5) is 25.0. The second kappa shape index (κ2) is 7.81. The van der Waals surface area contributed by atoms with E-state index in [-0.39, 0.29) is 24.1 Å². The molecule has 0 aromatic carbocycles. The molecule has 0 bridgehead atoms. The van der Waals surface area contributed by atoms with Crippen LogP contribution in [-0.2, 0) is 9.53 Å². The Morgan fingerprint density at radius 1 is 1.23 bits per heavy atom. The molecular weight excluding hydrogens is 284 g/mol. The molecule has 1 aliphatic heterocycles. The van der Waals surface area contributed by atoms with Gasteiger partial charge in [0.1, 0.15) is 0 Å². The zero-order valence-electron chi connectivity index (χ0n) is 13.6. The molecule has 2 amide bonds. The number of carbonyl (C=O) groups excluding carboxylic acids is 1. The van der Waals surface area contributed by atoms with E-state index in [0.29, 0.717) is 25.3 Å². The fraction of sp³-hybridized carbons (Fsp3) is 0.875. The molecule has 0 spiro atoms. The molecule has 2 fully saturated rings. The van der Waals surface area contributed by atoms with Crippen LogP contribution < -0.4 is 5.32 Å². The molecule has 1 aliphatic carbocycles. The third kappa shape index (κ3) is 4.87. The third-order valence-electron chi connectivity index (χ3n) is 4.50. The number of carboxylic acid groups (broad SMARTS) is 1. The summed E-state index contributed by atoms with van der Waals surface area (Å²) in [7, 11) is 0. The van der Waals surface area contributed by atoms with E-state index in [2.05, 4.69) is 19.2 Å². The zero-order valence-corrected chi connectivity index (χ0v) is 13.6. The van der Waals surface area contributed by atoms with Gasteiger partial charge in [-0.3, -0.25) is 4.79 Å². The van der Waals surface area contributed by atoms with Gasteiger partial charge in [-0.2, -0.15) is 0 Å². The number of amides is 2. The molecule has 0 aromatic heterocycles. The summed E-state index contributed by atoms with van der Waals surface area (Å²) in [5.41, 5.74) is 0. The van der Waals surface area contributed by atoms with E-state index in [1.807, 2.05) is 4.90 Å². The predicted octanol–water partition coefficient (Wildman–Crippen LogP) is 2.09. The predicted molar refractivity (Wildman–Crippen MR) is 82.7 cm³/mol. The fourth-order valence-electron chi connectivity index (χ4n) is 3.13. The summed E-state index contributed by atoms with van der Waals surface area (Å²) >= 11 is 0. The molecule has 6 nitrogen and oxygen atoms in total. The fourth-order valence-corrected chi connectivity index (χ4v) is 3.13. The number of nitrogens with one attached hydrogen (secondary N) is 1. The molecule has 126 valence electrons. The number of likely N-dealkylation sites (tertiary alicyclic amines) is 1. The molecule has 2 rings (SSSR count). The summed E-state index contributed by atoms with van der Waals surface area (Å²) in [6.07, 6.45) is 3.86. The van der Waals surface area contributed by atoms with Crippen molar-refractivity contribution in [2.75, 3.05) is 19.7 Å². The number of rotatable bonds is 5. The largest absolute Gasteiger partial charge is 0.481 e. The van der Waals surface area contributed by atoms with E-state index >= 15 is 0 Å². The van der Waals surface area contributed by atoms with Crippen LogP contribution in [0.3, 0.4) is 0 Å². The Morgan fingerprint density at radius 3 is 2.50 bits per heavy atom. The summed E-state index contributed by atoms with van der Waals surface area (Å²) in [6, 6.07) is 0.0770. The van der Waals surface area contributed by atoms with Crippen LogP contribution in [0.25, 0.3) is 0 Å². The summed E-state index contributed by atoms with van der Waals surface area (Å²) in [5, 5.41) is 12.0. The number of nitrogens with zero attached hydrogens (tertiary/aromatic N) is 1.